The third-order valence-corrected chi connectivity index (χ3v) is 4.02. The van der Waals surface area contributed by atoms with Gasteiger partial charge in [0.2, 0.25) is 0 Å². The number of carbonyl (C=O) groups is 1. The molecule has 1 heterocycles. The van der Waals surface area contributed by atoms with Crippen LogP contribution in [0.5, 0.6) is 0 Å². The van der Waals surface area contributed by atoms with E-state index in [9.17, 15) is 13.6 Å². The van der Waals surface area contributed by atoms with Crippen molar-refractivity contribution >= 4 is 5.97 Å². The molecular weight excluding hydrogens is 338 g/mol. The molecule has 0 fully saturated rings. The Kier molecular flexibility index (Phi) is 5.41. The fourth-order valence-electron chi connectivity index (χ4n) is 2.83. The highest BCUT2D eigenvalue weighted by Crippen LogP contribution is 2.26. The Bertz CT molecular complexity index is 894. The normalized spacial score (nSPS) is 12.0. The Hall–Kier alpha value is -3.02. The van der Waals surface area contributed by atoms with Gasteiger partial charge in [0.05, 0.1) is 12.3 Å². The predicted molar refractivity (Wildman–Crippen MR) is 93.0 cm³/mol. The van der Waals surface area contributed by atoms with Crippen LogP contribution in [0.2, 0.25) is 0 Å². The second-order valence-electron chi connectivity index (χ2n) is 5.76. The van der Waals surface area contributed by atoms with E-state index >= 15 is 0 Å². The molecule has 0 unspecified atom stereocenters. The van der Waals surface area contributed by atoms with Crippen molar-refractivity contribution in [2.45, 2.75) is 19.3 Å². The number of benzene rings is 2. The average molecular weight is 356 g/mol. The first-order valence-corrected chi connectivity index (χ1v) is 8.30. The molecule has 0 aliphatic carbocycles. The van der Waals surface area contributed by atoms with Gasteiger partial charge in [-0.2, -0.15) is 5.10 Å². The molecule has 4 nitrogen and oxygen atoms in total. The van der Waals surface area contributed by atoms with Gasteiger partial charge in [-0.15, -0.1) is 0 Å². The van der Waals surface area contributed by atoms with Crippen molar-refractivity contribution in [2.24, 2.45) is 0 Å². The molecule has 2 aromatic carbocycles. The van der Waals surface area contributed by atoms with Crippen LogP contribution in [0.4, 0.5) is 8.78 Å². The minimum absolute atomic E-state index is 0.0776. The first-order chi connectivity index (χ1) is 12.6. The van der Waals surface area contributed by atoms with Crippen molar-refractivity contribution < 1.29 is 18.3 Å². The van der Waals surface area contributed by atoms with Crippen LogP contribution >= 0.6 is 0 Å². The van der Waals surface area contributed by atoms with Crippen molar-refractivity contribution in [3.63, 3.8) is 0 Å². The highest BCUT2D eigenvalue weighted by molar-refractivity contribution is 5.78. The smallest absolute Gasteiger partial charge is 0.315 e. The minimum atomic E-state index is -0.753. The van der Waals surface area contributed by atoms with Gasteiger partial charge >= 0.3 is 5.97 Å². The van der Waals surface area contributed by atoms with Crippen molar-refractivity contribution in [1.29, 1.82) is 0 Å². The predicted octanol–water partition coefficient (Wildman–Crippen LogP) is 4.04. The van der Waals surface area contributed by atoms with Gasteiger partial charge in [-0.05, 0) is 37.1 Å². The summed E-state index contributed by atoms with van der Waals surface area (Å²) >= 11 is 0. The molecule has 0 bridgehead atoms. The summed E-state index contributed by atoms with van der Waals surface area (Å²) in [5.41, 5.74) is 1.50. The molecule has 6 heteroatoms. The van der Waals surface area contributed by atoms with Crippen molar-refractivity contribution in [1.82, 2.24) is 9.78 Å². The number of rotatable bonds is 6. The maximum Gasteiger partial charge on any atom is 0.315 e. The van der Waals surface area contributed by atoms with E-state index in [2.05, 4.69) is 5.10 Å². The molecule has 0 aliphatic rings. The van der Waals surface area contributed by atoms with Crippen LogP contribution in [-0.2, 0) is 16.0 Å². The van der Waals surface area contributed by atoms with Crippen LogP contribution in [0.15, 0.2) is 60.8 Å². The lowest BCUT2D eigenvalue weighted by Gasteiger charge is -2.18. The fourth-order valence-corrected chi connectivity index (χ4v) is 2.83. The molecule has 1 aromatic heterocycles. The number of halogens is 2. The third-order valence-electron chi connectivity index (χ3n) is 4.02. The van der Waals surface area contributed by atoms with Crippen LogP contribution < -0.4 is 0 Å². The first kappa shape index (κ1) is 17.8. The molecule has 0 saturated heterocycles. The molecule has 0 radical (unpaired) electrons. The van der Waals surface area contributed by atoms with E-state index in [0.717, 1.165) is 17.7 Å². The lowest BCUT2D eigenvalue weighted by molar-refractivity contribution is -0.145. The van der Waals surface area contributed by atoms with E-state index in [0.29, 0.717) is 12.1 Å². The number of hydrogen-bond acceptors (Lipinski definition) is 3. The number of carbonyl (C=O) groups excluding carboxylic acids is 1. The van der Waals surface area contributed by atoms with Gasteiger partial charge < -0.3 is 4.74 Å². The van der Waals surface area contributed by atoms with Crippen LogP contribution in [0.1, 0.15) is 24.1 Å². The molecule has 134 valence electrons. The second-order valence-corrected chi connectivity index (χ2v) is 5.76. The topological polar surface area (TPSA) is 44.1 Å². The molecule has 0 spiro atoms. The summed E-state index contributed by atoms with van der Waals surface area (Å²) in [5.74, 6) is -2.51. The summed E-state index contributed by atoms with van der Waals surface area (Å²) in [7, 11) is 0. The van der Waals surface area contributed by atoms with E-state index < -0.39 is 23.5 Å². The van der Waals surface area contributed by atoms with E-state index in [4.69, 9.17) is 4.74 Å². The zero-order valence-electron chi connectivity index (χ0n) is 14.2. The van der Waals surface area contributed by atoms with Gasteiger partial charge in [0.25, 0.3) is 0 Å². The van der Waals surface area contributed by atoms with Gasteiger partial charge in [0.1, 0.15) is 17.4 Å². The second kappa shape index (κ2) is 7.91. The molecule has 1 atom stereocenters. The number of ether oxygens (including phenoxy) is 1. The number of aromatic nitrogens is 2. The monoisotopic (exact) mass is 356 g/mol. The Labute approximate surface area is 150 Å². The number of nitrogens with zero attached hydrogens (tertiary/aromatic N) is 2. The zero-order chi connectivity index (χ0) is 18.5. The SMILES string of the molecule is CCOC(=O)[C@H](Cc1ccccc1)c1ccnn1-c1ccc(F)cc1F. The summed E-state index contributed by atoms with van der Waals surface area (Å²) < 4.78 is 34.0. The number of hydrogen-bond donors (Lipinski definition) is 0. The van der Waals surface area contributed by atoms with Crippen LogP contribution in [-0.4, -0.2) is 22.4 Å². The van der Waals surface area contributed by atoms with Gasteiger partial charge in [-0.25, -0.2) is 13.5 Å². The summed E-state index contributed by atoms with van der Waals surface area (Å²) in [5, 5.41) is 4.13. The van der Waals surface area contributed by atoms with Crippen LogP contribution in [0.3, 0.4) is 0 Å². The molecule has 3 rings (SSSR count). The van der Waals surface area contributed by atoms with E-state index in [-0.39, 0.29) is 12.3 Å². The minimum Gasteiger partial charge on any atom is -0.465 e. The lowest BCUT2D eigenvalue weighted by Crippen LogP contribution is -2.21. The van der Waals surface area contributed by atoms with Gasteiger partial charge in [0, 0.05) is 12.3 Å². The van der Waals surface area contributed by atoms with Gasteiger partial charge in [0.15, 0.2) is 5.82 Å². The summed E-state index contributed by atoms with van der Waals surface area (Å²) in [6, 6.07) is 14.4. The van der Waals surface area contributed by atoms with E-state index in [1.54, 1.807) is 13.0 Å². The lowest BCUT2D eigenvalue weighted by atomic mass is 9.96. The zero-order valence-corrected chi connectivity index (χ0v) is 14.2. The highest BCUT2D eigenvalue weighted by atomic mass is 19.1. The molecule has 0 N–H and O–H groups in total. The summed E-state index contributed by atoms with van der Waals surface area (Å²) in [4.78, 5) is 12.6. The maximum absolute atomic E-state index is 14.2. The van der Waals surface area contributed by atoms with E-state index in [1.165, 1.54) is 16.9 Å². The van der Waals surface area contributed by atoms with Gasteiger partial charge in [-0.1, -0.05) is 30.3 Å². The average Bonchev–Trinajstić information content (AvgIpc) is 3.10. The summed E-state index contributed by atoms with van der Waals surface area (Å²) in [6.45, 7) is 1.97. The highest BCUT2D eigenvalue weighted by Gasteiger charge is 2.27. The maximum atomic E-state index is 14.2. The van der Waals surface area contributed by atoms with Crippen LogP contribution in [0.25, 0.3) is 5.69 Å². The molecule has 26 heavy (non-hydrogen) atoms. The van der Waals surface area contributed by atoms with Crippen molar-refractivity contribution in [2.75, 3.05) is 6.61 Å². The Morgan fingerprint density at radius 1 is 1.15 bits per heavy atom. The molecular formula is C20H18F2N2O2. The third kappa shape index (κ3) is 3.79. The summed E-state index contributed by atoms with van der Waals surface area (Å²) in [6.07, 6.45) is 1.86. The fraction of sp³-hybridized carbons (Fsp3) is 0.200. The molecule has 0 amide bonds. The molecule has 3 aromatic rings. The molecule has 0 aliphatic heterocycles. The number of esters is 1. The van der Waals surface area contributed by atoms with Crippen LogP contribution in [0, 0.1) is 11.6 Å². The Morgan fingerprint density at radius 3 is 2.62 bits per heavy atom. The van der Waals surface area contributed by atoms with Crippen molar-refractivity contribution in [3.8, 4) is 5.69 Å². The Morgan fingerprint density at radius 2 is 1.92 bits per heavy atom. The quantitative estimate of drug-likeness (QED) is 0.626. The van der Waals surface area contributed by atoms with Crippen molar-refractivity contribution in [3.05, 3.63) is 83.7 Å². The van der Waals surface area contributed by atoms with Gasteiger partial charge in [-0.3, -0.25) is 4.79 Å². The first-order valence-electron chi connectivity index (χ1n) is 8.30. The largest absolute Gasteiger partial charge is 0.465 e. The Balaban J connectivity index is 2.02. The molecule has 0 saturated carbocycles. The standard InChI is InChI=1S/C20H18F2N2O2/c1-2-26-20(25)16(12-14-6-4-3-5-7-14)18-10-11-23-24(18)19-9-8-15(21)13-17(19)22/h3-11,13,16H,2,12H2,1H3/t16-/m1/s1. The van der Waals surface area contributed by atoms with E-state index in [1.807, 2.05) is 30.3 Å².